The minimum absolute atomic E-state index is 0.0141. The van der Waals surface area contributed by atoms with Crippen LogP contribution in [0.15, 0.2) is 12.1 Å². The van der Waals surface area contributed by atoms with E-state index in [0.717, 1.165) is 6.42 Å². The summed E-state index contributed by atoms with van der Waals surface area (Å²) in [7, 11) is 0. The van der Waals surface area contributed by atoms with E-state index in [2.05, 4.69) is 10.6 Å². The van der Waals surface area contributed by atoms with Gasteiger partial charge in [-0.2, -0.15) is 0 Å². The third kappa shape index (κ3) is 4.90. The lowest BCUT2D eigenvalue weighted by Crippen LogP contribution is -2.42. The molecule has 1 aromatic carbocycles. The molecule has 1 unspecified atom stereocenters. The van der Waals surface area contributed by atoms with Crippen molar-refractivity contribution in [3.8, 4) is 5.75 Å². The molecule has 0 radical (unpaired) electrons. The highest BCUT2D eigenvalue weighted by molar-refractivity contribution is 6.35. The van der Waals surface area contributed by atoms with Gasteiger partial charge in [0.05, 0.1) is 11.1 Å². The zero-order chi connectivity index (χ0) is 14.4. The molecule has 0 fully saturated rings. The number of amides is 1. The average molecular weight is 305 g/mol. The van der Waals surface area contributed by atoms with Gasteiger partial charge >= 0.3 is 0 Å². The van der Waals surface area contributed by atoms with Crippen LogP contribution in [0.2, 0.25) is 10.0 Å². The van der Waals surface area contributed by atoms with E-state index in [9.17, 15) is 9.90 Å². The fraction of sp³-hybridized carbons (Fsp3) is 0.462. The second-order valence-electron chi connectivity index (χ2n) is 4.29. The quantitative estimate of drug-likeness (QED) is 0.757. The molecule has 0 saturated carbocycles. The SMILES string of the molecule is CCCNC(=O)C(C)NCc1cc(Cl)cc(Cl)c1O. The number of hydrogen-bond acceptors (Lipinski definition) is 3. The Hall–Kier alpha value is -0.970. The molecule has 0 heterocycles. The lowest BCUT2D eigenvalue weighted by molar-refractivity contribution is -0.122. The van der Waals surface area contributed by atoms with Crippen LogP contribution in [0.4, 0.5) is 0 Å². The molecular weight excluding hydrogens is 287 g/mol. The normalized spacial score (nSPS) is 12.2. The van der Waals surface area contributed by atoms with Gasteiger partial charge in [0.25, 0.3) is 0 Å². The van der Waals surface area contributed by atoms with E-state index in [0.29, 0.717) is 23.7 Å². The van der Waals surface area contributed by atoms with E-state index in [4.69, 9.17) is 23.2 Å². The number of aromatic hydroxyl groups is 1. The molecule has 1 aromatic rings. The summed E-state index contributed by atoms with van der Waals surface area (Å²) in [5, 5.41) is 16.2. The number of benzene rings is 1. The predicted molar refractivity (Wildman–Crippen MR) is 77.7 cm³/mol. The maximum absolute atomic E-state index is 11.7. The first-order valence-corrected chi connectivity index (χ1v) is 6.89. The summed E-state index contributed by atoms with van der Waals surface area (Å²) in [6.07, 6.45) is 0.892. The Balaban J connectivity index is 2.59. The van der Waals surface area contributed by atoms with Crippen LogP contribution in [-0.4, -0.2) is 23.6 Å². The number of halogens is 2. The molecule has 0 aromatic heterocycles. The van der Waals surface area contributed by atoms with Gasteiger partial charge in [-0.25, -0.2) is 0 Å². The average Bonchev–Trinajstić information content (AvgIpc) is 2.37. The number of nitrogens with one attached hydrogen (secondary N) is 2. The third-order valence-corrected chi connectivity index (χ3v) is 3.15. The smallest absolute Gasteiger partial charge is 0.236 e. The van der Waals surface area contributed by atoms with Crippen molar-refractivity contribution in [1.29, 1.82) is 0 Å². The lowest BCUT2D eigenvalue weighted by atomic mass is 10.2. The van der Waals surface area contributed by atoms with Crippen molar-refractivity contribution in [1.82, 2.24) is 10.6 Å². The molecule has 1 rings (SSSR count). The predicted octanol–water partition coefficient (Wildman–Crippen LogP) is 2.70. The van der Waals surface area contributed by atoms with Gasteiger partial charge in [-0.05, 0) is 25.5 Å². The molecule has 0 bridgehead atoms. The number of carbonyl (C=O) groups excluding carboxylic acids is 1. The Bertz CT molecular complexity index is 453. The second-order valence-corrected chi connectivity index (χ2v) is 5.13. The molecule has 0 saturated heterocycles. The molecule has 0 aliphatic rings. The number of hydrogen-bond donors (Lipinski definition) is 3. The van der Waals surface area contributed by atoms with Crippen LogP contribution >= 0.6 is 23.2 Å². The van der Waals surface area contributed by atoms with Crippen LogP contribution in [0.1, 0.15) is 25.8 Å². The minimum atomic E-state index is -0.358. The summed E-state index contributed by atoms with van der Waals surface area (Å²) in [5.74, 6) is -0.0887. The largest absolute Gasteiger partial charge is 0.506 e. The summed E-state index contributed by atoms with van der Waals surface area (Å²) in [6.45, 7) is 4.71. The highest BCUT2D eigenvalue weighted by Crippen LogP contribution is 2.30. The first-order valence-electron chi connectivity index (χ1n) is 6.13. The van der Waals surface area contributed by atoms with Crippen molar-refractivity contribution in [3.05, 3.63) is 27.7 Å². The fourth-order valence-electron chi connectivity index (χ4n) is 1.51. The molecule has 0 aliphatic heterocycles. The topological polar surface area (TPSA) is 61.4 Å². The Labute approximate surface area is 123 Å². The van der Waals surface area contributed by atoms with Gasteiger partial charge in [0.2, 0.25) is 5.91 Å². The van der Waals surface area contributed by atoms with E-state index in [-0.39, 0.29) is 22.7 Å². The van der Waals surface area contributed by atoms with Crippen molar-refractivity contribution < 1.29 is 9.90 Å². The van der Waals surface area contributed by atoms with Crippen LogP contribution in [-0.2, 0) is 11.3 Å². The van der Waals surface area contributed by atoms with E-state index < -0.39 is 0 Å². The van der Waals surface area contributed by atoms with Crippen LogP contribution in [0.5, 0.6) is 5.75 Å². The monoisotopic (exact) mass is 304 g/mol. The highest BCUT2D eigenvalue weighted by atomic mass is 35.5. The van der Waals surface area contributed by atoms with Crippen molar-refractivity contribution in [2.24, 2.45) is 0 Å². The van der Waals surface area contributed by atoms with Gasteiger partial charge in [0, 0.05) is 23.7 Å². The zero-order valence-electron chi connectivity index (χ0n) is 11.0. The first kappa shape index (κ1) is 16.1. The van der Waals surface area contributed by atoms with Crippen molar-refractivity contribution in [2.45, 2.75) is 32.9 Å². The molecule has 0 aliphatic carbocycles. The number of rotatable bonds is 6. The molecule has 0 spiro atoms. The Kier molecular flexibility index (Phi) is 6.42. The third-order valence-electron chi connectivity index (χ3n) is 2.65. The van der Waals surface area contributed by atoms with E-state index in [1.165, 1.54) is 6.07 Å². The fourth-order valence-corrected chi connectivity index (χ4v) is 2.05. The van der Waals surface area contributed by atoms with Gasteiger partial charge < -0.3 is 15.7 Å². The molecule has 1 amide bonds. The zero-order valence-corrected chi connectivity index (χ0v) is 12.5. The minimum Gasteiger partial charge on any atom is -0.506 e. The van der Waals surface area contributed by atoms with E-state index >= 15 is 0 Å². The van der Waals surface area contributed by atoms with E-state index in [1.807, 2.05) is 6.92 Å². The van der Waals surface area contributed by atoms with Crippen LogP contribution in [0.25, 0.3) is 0 Å². The van der Waals surface area contributed by atoms with Gasteiger partial charge in [0.1, 0.15) is 5.75 Å². The van der Waals surface area contributed by atoms with Crippen molar-refractivity contribution >= 4 is 29.1 Å². The van der Waals surface area contributed by atoms with Crippen LogP contribution in [0, 0.1) is 0 Å². The number of phenols is 1. The summed E-state index contributed by atoms with van der Waals surface area (Å²) in [4.78, 5) is 11.7. The van der Waals surface area contributed by atoms with Gasteiger partial charge in [-0.3, -0.25) is 4.79 Å². The molecule has 19 heavy (non-hydrogen) atoms. The Morgan fingerprint density at radius 2 is 2.11 bits per heavy atom. The molecular formula is C13H18Cl2N2O2. The van der Waals surface area contributed by atoms with Crippen molar-refractivity contribution in [2.75, 3.05) is 6.54 Å². The lowest BCUT2D eigenvalue weighted by Gasteiger charge is -2.15. The van der Waals surface area contributed by atoms with Gasteiger partial charge in [-0.15, -0.1) is 0 Å². The molecule has 4 nitrogen and oxygen atoms in total. The van der Waals surface area contributed by atoms with E-state index in [1.54, 1.807) is 13.0 Å². The van der Waals surface area contributed by atoms with Crippen molar-refractivity contribution in [3.63, 3.8) is 0 Å². The summed E-state index contributed by atoms with van der Waals surface area (Å²) >= 11 is 11.7. The Morgan fingerprint density at radius 1 is 1.42 bits per heavy atom. The summed E-state index contributed by atoms with van der Waals surface area (Å²) in [5.41, 5.74) is 0.563. The second kappa shape index (κ2) is 7.58. The van der Waals surface area contributed by atoms with Crippen LogP contribution in [0.3, 0.4) is 0 Å². The maximum atomic E-state index is 11.7. The molecule has 3 N–H and O–H groups in total. The number of phenolic OH excluding ortho intramolecular Hbond substituents is 1. The molecule has 106 valence electrons. The standard InChI is InChI=1S/C13H18Cl2N2O2/c1-3-4-16-13(19)8(2)17-7-9-5-10(14)6-11(15)12(9)18/h5-6,8,17-18H,3-4,7H2,1-2H3,(H,16,19). The van der Waals surface area contributed by atoms with Gasteiger partial charge in [-0.1, -0.05) is 30.1 Å². The van der Waals surface area contributed by atoms with Gasteiger partial charge in [0.15, 0.2) is 0 Å². The first-order chi connectivity index (χ1) is 8.95. The maximum Gasteiger partial charge on any atom is 0.236 e. The highest BCUT2D eigenvalue weighted by Gasteiger charge is 2.13. The summed E-state index contributed by atoms with van der Waals surface area (Å²) < 4.78 is 0. The summed E-state index contributed by atoms with van der Waals surface area (Å²) in [6, 6.07) is 2.73. The van der Waals surface area contributed by atoms with Crippen LogP contribution < -0.4 is 10.6 Å². The number of carbonyl (C=O) groups is 1. The molecule has 6 heteroatoms. The Morgan fingerprint density at radius 3 is 2.74 bits per heavy atom. The molecule has 1 atom stereocenters.